The normalized spacial score (nSPS) is 10.9. The second-order valence-electron chi connectivity index (χ2n) is 5.67. The van der Waals surface area contributed by atoms with Crippen molar-refractivity contribution in [3.8, 4) is 5.75 Å². The molecular formula is C18H26N4O2. The topological polar surface area (TPSA) is 82.2 Å². The Hall–Kier alpha value is -2.34. The van der Waals surface area contributed by atoms with Crippen molar-refractivity contribution in [1.82, 2.24) is 9.78 Å². The van der Waals surface area contributed by atoms with Gasteiger partial charge in [-0.15, -0.1) is 0 Å². The van der Waals surface area contributed by atoms with Crippen molar-refractivity contribution in [1.29, 1.82) is 0 Å². The van der Waals surface area contributed by atoms with Crippen LogP contribution < -0.4 is 15.8 Å². The van der Waals surface area contributed by atoms with Crippen LogP contribution in [0.3, 0.4) is 0 Å². The Morgan fingerprint density at radius 1 is 1.29 bits per heavy atom. The highest BCUT2D eigenvalue weighted by atomic mass is 16.5. The van der Waals surface area contributed by atoms with E-state index in [1.54, 1.807) is 6.20 Å². The number of hydrogen-bond donors (Lipinski definition) is 2. The fourth-order valence-electron chi connectivity index (χ4n) is 2.66. The Kier molecular flexibility index (Phi) is 6.37. The number of ether oxygens (including phenoxy) is 1. The molecule has 24 heavy (non-hydrogen) atoms. The molecule has 2 rings (SSSR count). The standard InChI is InChI=1S/C18H26N4O2/c1-4-15(5-2)22-13(3)17(12-20-22)18(23)21-14-6-8-16(9-7-14)24-11-10-19/h6-9,12,15H,4-5,10-11,19H2,1-3H3,(H,21,23). The minimum absolute atomic E-state index is 0.152. The summed E-state index contributed by atoms with van der Waals surface area (Å²) < 4.78 is 7.37. The van der Waals surface area contributed by atoms with Crippen LogP contribution in [0.15, 0.2) is 30.5 Å². The molecule has 6 nitrogen and oxygen atoms in total. The van der Waals surface area contributed by atoms with Gasteiger partial charge >= 0.3 is 0 Å². The van der Waals surface area contributed by atoms with Gasteiger partial charge in [0, 0.05) is 17.9 Å². The van der Waals surface area contributed by atoms with Gasteiger partial charge in [0.2, 0.25) is 0 Å². The first-order valence-electron chi connectivity index (χ1n) is 8.39. The van der Waals surface area contributed by atoms with Gasteiger partial charge in [-0.1, -0.05) is 13.8 Å². The predicted octanol–water partition coefficient (Wildman–Crippen LogP) is 3.14. The van der Waals surface area contributed by atoms with Crippen LogP contribution >= 0.6 is 0 Å². The molecule has 0 radical (unpaired) electrons. The molecule has 0 atom stereocenters. The molecule has 6 heteroatoms. The monoisotopic (exact) mass is 330 g/mol. The van der Waals surface area contributed by atoms with Crippen molar-refractivity contribution in [3.63, 3.8) is 0 Å². The van der Waals surface area contributed by atoms with Crippen molar-refractivity contribution in [2.24, 2.45) is 5.73 Å². The number of amides is 1. The maximum Gasteiger partial charge on any atom is 0.259 e. The highest BCUT2D eigenvalue weighted by molar-refractivity contribution is 6.04. The van der Waals surface area contributed by atoms with Crippen molar-refractivity contribution in [2.45, 2.75) is 39.7 Å². The number of nitrogens with one attached hydrogen (secondary N) is 1. The van der Waals surface area contributed by atoms with Gasteiger partial charge in [0.25, 0.3) is 5.91 Å². The average Bonchev–Trinajstić information content (AvgIpc) is 2.97. The average molecular weight is 330 g/mol. The van der Waals surface area contributed by atoms with Gasteiger partial charge < -0.3 is 15.8 Å². The minimum atomic E-state index is -0.152. The summed E-state index contributed by atoms with van der Waals surface area (Å²) in [6, 6.07) is 7.57. The number of carbonyl (C=O) groups excluding carboxylic acids is 1. The zero-order chi connectivity index (χ0) is 17.5. The smallest absolute Gasteiger partial charge is 0.259 e. The molecule has 1 aromatic carbocycles. The van der Waals surface area contributed by atoms with Crippen LogP contribution in [-0.4, -0.2) is 28.8 Å². The predicted molar refractivity (Wildman–Crippen MR) is 95.5 cm³/mol. The molecule has 0 saturated carbocycles. The molecule has 0 bridgehead atoms. The van der Waals surface area contributed by atoms with E-state index in [4.69, 9.17) is 10.5 Å². The molecule has 1 heterocycles. The SMILES string of the molecule is CCC(CC)n1ncc(C(=O)Nc2ccc(OCCN)cc2)c1C. The first-order chi connectivity index (χ1) is 11.6. The summed E-state index contributed by atoms with van der Waals surface area (Å²) in [4.78, 5) is 12.5. The highest BCUT2D eigenvalue weighted by Crippen LogP contribution is 2.21. The molecule has 1 amide bonds. The van der Waals surface area contributed by atoms with Crippen LogP contribution in [0.25, 0.3) is 0 Å². The molecule has 3 N–H and O–H groups in total. The Balaban J connectivity index is 2.07. The fourth-order valence-corrected chi connectivity index (χ4v) is 2.66. The van der Waals surface area contributed by atoms with E-state index in [1.807, 2.05) is 35.9 Å². The molecule has 0 aliphatic heterocycles. The quantitative estimate of drug-likeness (QED) is 0.779. The van der Waals surface area contributed by atoms with E-state index < -0.39 is 0 Å². The molecule has 0 fully saturated rings. The summed E-state index contributed by atoms with van der Waals surface area (Å²) in [6.45, 7) is 7.13. The molecule has 0 aliphatic carbocycles. The van der Waals surface area contributed by atoms with E-state index in [1.165, 1.54) is 0 Å². The number of carbonyl (C=O) groups is 1. The summed E-state index contributed by atoms with van der Waals surface area (Å²) in [5.41, 5.74) is 7.62. The van der Waals surface area contributed by atoms with Crippen molar-refractivity contribution in [2.75, 3.05) is 18.5 Å². The summed E-state index contributed by atoms with van der Waals surface area (Å²) in [7, 11) is 0. The first-order valence-corrected chi connectivity index (χ1v) is 8.39. The van der Waals surface area contributed by atoms with E-state index in [0.29, 0.717) is 24.8 Å². The zero-order valence-electron chi connectivity index (χ0n) is 14.6. The number of hydrogen-bond acceptors (Lipinski definition) is 4. The second kappa shape index (κ2) is 8.49. The Morgan fingerprint density at radius 2 is 1.96 bits per heavy atom. The third-order valence-corrected chi connectivity index (χ3v) is 4.08. The molecule has 2 aromatic rings. The molecule has 130 valence electrons. The molecule has 0 unspecified atom stereocenters. The van der Waals surface area contributed by atoms with Gasteiger partial charge in [-0.3, -0.25) is 9.48 Å². The van der Waals surface area contributed by atoms with Crippen LogP contribution in [0.5, 0.6) is 5.75 Å². The maximum absolute atomic E-state index is 12.5. The summed E-state index contributed by atoms with van der Waals surface area (Å²) >= 11 is 0. The van der Waals surface area contributed by atoms with E-state index >= 15 is 0 Å². The van der Waals surface area contributed by atoms with E-state index in [2.05, 4.69) is 24.3 Å². The van der Waals surface area contributed by atoms with E-state index in [-0.39, 0.29) is 5.91 Å². The fraction of sp³-hybridized carbons (Fsp3) is 0.444. The van der Waals surface area contributed by atoms with Crippen molar-refractivity contribution >= 4 is 11.6 Å². The number of nitrogens with two attached hydrogens (primary N) is 1. The number of nitrogens with zero attached hydrogens (tertiary/aromatic N) is 2. The van der Waals surface area contributed by atoms with E-state index in [9.17, 15) is 4.79 Å². The second-order valence-corrected chi connectivity index (χ2v) is 5.67. The van der Waals surface area contributed by atoms with Crippen LogP contribution in [0.1, 0.15) is 48.8 Å². The summed E-state index contributed by atoms with van der Waals surface area (Å²) in [6.07, 6.45) is 3.62. The van der Waals surface area contributed by atoms with Gasteiger partial charge in [0.05, 0.1) is 17.8 Å². The zero-order valence-corrected chi connectivity index (χ0v) is 14.6. The number of rotatable bonds is 8. The van der Waals surface area contributed by atoms with Crippen LogP contribution in [0.2, 0.25) is 0 Å². The molecule has 0 aliphatic rings. The third-order valence-electron chi connectivity index (χ3n) is 4.08. The van der Waals surface area contributed by atoms with Gasteiger partial charge in [-0.05, 0) is 44.0 Å². The van der Waals surface area contributed by atoms with Gasteiger partial charge in [0.15, 0.2) is 0 Å². The van der Waals surface area contributed by atoms with Crippen molar-refractivity contribution in [3.05, 3.63) is 41.7 Å². The third kappa shape index (κ3) is 4.14. The van der Waals surface area contributed by atoms with E-state index in [0.717, 1.165) is 30.0 Å². The van der Waals surface area contributed by atoms with Crippen molar-refractivity contribution < 1.29 is 9.53 Å². The lowest BCUT2D eigenvalue weighted by Crippen LogP contribution is -2.15. The molecular weight excluding hydrogens is 304 g/mol. The number of benzene rings is 1. The number of anilines is 1. The Labute approximate surface area is 143 Å². The van der Waals surface area contributed by atoms with Gasteiger partial charge in [0.1, 0.15) is 12.4 Å². The summed E-state index contributed by atoms with van der Waals surface area (Å²) in [5.74, 6) is 0.580. The largest absolute Gasteiger partial charge is 0.492 e. The maximum atomic E-state index is 12.5. The first kappa shape index (κ1) is 18.0. The minimum Gasteiger partial charge on any atom is -0.492 e. The highest BCUT2D eigenvalue weighted by Gasteiger charge is 2.18. The van der Waals surface area contributed by atoms with Crippen LogP contribution in [0, 0.1) is 6.92 Å². The lowest BCUT2D eigenvalue weighted by atomic mass is 10.1. The number of aromatic nitrogens is 2. The van der Waals surface area contributed by atoms with Crippen LogP contribution in [0.4, 0.5) is 5.69 Å². The molecule has 1 aromatic heterocycles. The van der Waals surface area contributed by atoms with Gasteiger partial charge in [-0.25, -0.2) is 0 Å². The van der Waals surface area contributed by atoms with Gasteiger partial charge in [-0.2, -0.15) is 5.10 Å². The molecule has 0 saturated heterocycles. The lowest BCUT2D eigenvalue weighted by Gasteiger charge is -2.15. The molecule has 0 spiro atoms. The Morgan fingerprint density at radius 3 is 2.54 bits per heavy atom. The lowest BCUT2D eigenvalue weighted by molar-refractivity contribution is 0.102. The Bertz CT molecular complexity index is 660. The summed E-state index contributed by atoms with van der Waals surface area (Å²) in [5, 5.41) is 7.29. The van der Waals surface area contributed by atoms with Crippen LogP contribution in [-0.2, 0) is 0 Å².